The van der Waals surface area contributed by atoms with Crippen molar-refractivity contribution in [2.45, 2.75) is 23.5 Å². The molecule has 2 N–H and O–H groups in total. The van der Waals surface area contributed by atoms with Gasteiger partial charge in [-0.2, -0.15) is 9.82 Å². The van der Waals surface area contributed by atoms with E-state index in [4.69, 9.17) is 34.8 Å². The first-order chi connectivity index (χ1) is 14.8. The molecule has 4 rings (SSSR count). The standard InChI is InChI=1S/C21H17Cl3N4O2S/c22-14-6-4-13(5-7-14)18-12-19(27-26-18)21(16-9-8-15(23)11-17(16)24)28-31(29,30)20-3-1-2-10-25-20/h1-11,18,21,26,28H,12H2. The van der Waals surface area contributed by atoms with Gasteiger partial charge in [-0.05, 0) is 47.5 Å². The summed E-state index contributed by atoms with van der Waals surface area (Å²) < 4.78 is 28.7. The summed E-state index contributed by atoms with van der Waals surface area (Å²) in [5.74, 6) is 0. The normalized spacial score (nSPS) is 17.1. The van der Waals surface area contributed by atoms with Crippen LogP contribution in [0.15, 0.2) is 77.0 Å². The van der Waals surface area contributed by atoms with Gasteiger partial charge < -0.3 is 5.43 Å². The average Bonchev–Trinajstić information content (AvgIpc) is 3.24. The Kier molecular flexibility index (Phi) is 6.50. The minimum Gasteiger partial charge on any atom is -0.302 e. The molecule has 0 fully saturated rings. The maximum absolute atomic E-state index is 13.0. The molecule has 0 saturated carbocycles. The highest BCUT2D eigenvalue weighted by molar-refractivity contribution is 7.89. The van der Waals surface area contributed by atoms with Gasteiger partial charge in [0.05, 0.1) is 17.8 Å². The molecule has 160 valence electrons. The van der Waals surface area contributed by atoms with Gasteiger partial charge in [0.1, 0.15) is 0 Å². The number of hydrazone groups is 1. The Morgan fingerprint density at radius 2 is 1.74 bits per heavy atom. The smallest absolute Gasteiger partial charge is 0.258 e. The van der Waals surface area contributed by atoms with Gasteiger partial charge in [-0.15, -0.1) is 0 Å². The largest absolute Gasteiger partial charge is 0.302 e. The maximum atomic E-state index is 13.0. The highest BCUT2D eigenvalue weighted by Crippen LogP contribution is 2.33. The van der Waals surface area contributed by atoms with Crippen LogP contribution in [0.3, 0.4) is 0 Å². The van der Waals surface area contributed by atoms with Crippen molar-refractivity contribution in [3.8, 4) is 0 Å². The number of sulfonamides is 1. The molecule has 2 aromatic carbocycles. The van der Waals surface area contributed by atoms with E-state index in [1.165, 1.54) is 12.3 Å². The highest BCUT2D eigenvalue weighted by atomic mass is 35.5. The van der Waals surface area contributed by atoms with Gasteiger partial charge in [-0.1, -0.05) is 59.1 Å². The van der Waals surface area contributed by atoms with E-state index >= 15 is 0 Å². The van der Waals surface area contributed by atoms with E-state index in [9.17, 15) is 8.42 Å². The van der Waals surface area contributed by atoms with Crippen LogP contribution in [0.25, 0.3) is 0 Å². The van der Waals surface area contributed by atoms with Gasteiger partial charge in [-0.25, -0.2) is 13.4 Å². The number of aromatic nitrogens is 1. The maximum Gasteiger partial charge on any atom is 0.258 e. The molecule has 1 aliphatic heterocycles. The lowest BCUT2D eigenvalue weighted by atomic mass is 9.96. The van der Waals surface area contributed by atoms with Gasteiger partial charge in [0.15, 0.2) is 5.03 Å². The molecule has 2 heterocycles. The summed E-state index contributed by atoms with van der Waals surface area (Å²) in [4.78, 5) is 3.96. The fourth-order valence-electron chi connectivity index (χ4n) is 3.30. The van der Waals surface area contributed by atoms with E-state index in [2.05, 4.69) is 20.2 Å². The Labute approximate surface area is 195 Å². The summed E-state index contributed by atoms with van der Waals surface area (Å²) >= 11 is 18.4. The van der Waals surface area contributed by atoms with Gasteiger partial charge in [0.2, 0.25) is 0 Å². The van der Waals surface area contributed by atoms with Crippen molar-refractivity contribution < 1.29 is 8.42 Å². The molecule has 0 bridgehead atoms. The third-order valence-corrected chi connectivity index (χ3v) is 6.99. The molecule has 2 atom stereocenters. The lowest BCUT2D eigenvalue weighted by Gasteiger charge is -2.20. The molecule has 6 nitrogen and oxygen atoms in total. The first-order valence-corrected chi connectivity index (χ1v) is 11.9. The van der Waals surface area contributed by atoms with Crippen molar-refractivity contribution in [1.82, 2.24) is 15.1 Å². The van der Waals surface area contributed by atoms with Gasteiger partial charge in [0.25, 0.3) is 10.0 Å². The Morgan fingerprint density at radius 3 is 2.42 bits per heavy atom. The van der Waals surface area contributed by atoms with Crippen LogP contribution < -0.4 is 10.1 Å². The lowest BCUT2D eigenvalue weighted by Crippen LogP contribution is -2.34. The molecule has 0 spiro atoms. The fourth-order valence-corrected chi connectivity index (χ4v) is 5.09. The SMILES string of the molecule is O=S(=O)(NC(C1=NNC(c2ccc(Cl)cc2)C1)c1ccc(Cl)cc1Cl)c1ccccn1. The number of hydrogen-bond acceptors (Lipinski definition) is 5. The Hall–Kier alpha value is -2.16. The van der Waals surface area contributed by atoms with Crippen LogP contribution in [-0.4, -0.2) is 19.1 Å². The zero-order chi connectivity index (χ0) is 22.0. The summed E-state index contributed by atoms with van der Waals surface area (Å²) in [7, 11) is -3.94. The molecule has 0 saturated heterocycles. The zero-order valence-electron chi connectivity index (χ0n) is 16.0. The van der Waals surface area contributed by atoms with Crippen LogP contribution in [0, 0.1) is 0 Å². The third-order valence-electron chi connectivity index (χ3n) is 4.84. The molecule has 0 amide bonds. The fraction of sp³-hybridized carbons (Fsp3) is 0.143. The van der Waals surface area contributed by atoms with Crippen molar-refractivity contribution in [2.75, 3.05) is 0 Å². The second-order valence-corrected chi connectivity index (χ2v) is 9.87. The minimum atomic E-state index is -3.94. The molecule has 0 aliphatic carbocycles. The first kappa shape index (κ1) is 22.0. The second-order valence-electron chi connectivity index (χ2n) is 6.93. The van der Waals surface area contributed by atoms with Gasteiger partial charge >= 0.3 is 0 Å². The molecule has 2 unspecified atom stereocenters. The van der Waals surface area contributed by atoms with Crippen molar-refractivity contribution >= 4 is 50.5 Å². The van der Waals surface area contributed by atoms with E-state index in [-0.39, 0.29) is 11.1 Å². The van der Waals surface area contributed by atoms with Crippen molar-refractivity contribution in [1.29, 1.82) is 0 Å². The van der Waals surface area contributed by atoms with E-state index in [0.717, 1.165) is 5.56 Å². The van der Waals surface area contributed by atoms with E-state index in [1.54, 1.807) is 42.5 Å². The molecule has 3 aromatic rings. The lowest BCUT2D eigenvalue weighted by molar-refractivity contribution is 0.572. The predicted molar refractivity (Wildman–Crippen MR) is 123 cm³/mol. The summed E-state index contributed by atoms with van der Waals surface area (Å²) in [6, 6.07) is 16.1. The molecule has 1 aromatic heterocycles. The molecular weight excluding hydrogens is 479 g/mol. The summed E-state index contributed by atoms with van der Waals surface area (Å²) in [6.45, 7) is 0. The third kappa shape index (κ3) is 5.02. The van der Waals surface area contributed by atoms with E-state index in [0.29, 0.717) is 32.8 Å². The van der Waals surface area contributed by atoms with Crippen LogP contribution in [0.4, 0.5) is 0 Å². The van der Waals surface area contributed by atoms with Crippen LogP contribution in [0.1, 0.15) is 29.6 Å². The minimum absolute atomic E-state index is 0.0918. The summed E-state index contributed by atoms with van der Waals surface area (Å²) in [5.41, 5.74) is 5.19. The van der Waals surface area contributed by atoms with Crippen molar-refractivity contribution in [2.24, 2.45) is 5.10 Å². The Morgan fingerprint density at radius 1 is 1.00 bits per heavy atom. The molecule has 31 heavy (non-hydrogen) atoms. The van der Waals surface area contributed by atoms with Gasteiger partial charge in [0, 0.05) is 27.7 Å². The molecule has 0 radical (unpaired) electrons. The number of nitrogens with one attached hydrogen (secondary N) is 2. The molecular formula is C21H17Cl3N4O2S. The number of nitrogens with zero attached hydrogens (tertiary/aromatic N) is 2. The number of benzene rings is 2. The molecule has 10 heteroatoms. The van der Waals surface area contributed by atoms with Crippen LogP contribution in [0.5, 0.6) is 0 Å². The van der Waals surface area contributed by atoms with E-state index < -0.39 is 16.1 Å². The Bertz CT molecular complexity index is 1220. The van der Waals surface area contributed by atoms with Crippen molar-refractivity contribution in [3.05, 3.63) is 93.1 Å². The highest BCUT2D eigenvalue weighted by Gasteiger charge is 2.32. The quantitative estimate of drug-likeness (QED) is 0.495. The predicted octanol–water partition coefficient (Wildman–Crippen LogP) is 5.15. The Balaban J connectivity index is 1.67. The average molecular weight is 496 g/mol. The topological polar surface area (TPSA) is 83.5 Å². The number of halogens is 3. The monoisotopic (exact) mass is 494 g/mol. The summed E-state index contributed by atoms with van der Waals surface area (Å²) in [6.07, 6.45) is 1.89. The molecule has 1 aliphatic rings. The van der Waals surface area contributed by atoms with Gasteiger partial charge in [-0.3, -0.25) is 0 Å². The zero-order valence-corrected chi connectivity index (χ0v) is 19.1. The van der Waals surface area contributed by atoms with Crippen molar-refractivity contribution in [3.63, 3.8) is 0 Å². The first-order valence-electron chi connectivity index (χ1n) is 9.29. The van der Waals surface area contributed by atoms with E-state index in [1.807, 2.05) is 12.1 Å². The van der Waals surface area contributed by atoms with Crippen LogP contribution in [0.2, 0.25) is 15.1 Å². The summed E-state index contributed by atoms with van der Waals surface area (Å²) in [5, 5.41) is 5.75. The number of rotatable bonds is 6. The second kappa shape index (κ2) is 9.14. The van der Waals surface area contributed by atoms with Crippen LogP contribution in [-0.2, 0) is 10.0 Å². The number of hydrogen-bond donors (Lipinski definition) is 2. The van der Waals surface area contributed by atoms with Crippen LogP contribution >= 0.6 is 34.8 Å². The number of pyridine rings is 1.